The fourth-order valence-electron chi connectivity index (χ4n) is 4.93. The van der Waals surface area contributed by atoms with E-state index in [4.69, 9.17) is 9.98 Å². The van der Waals surface area contributed by atoms with E-state index in [2.05, 4.69) is 37.8 Å². The van der Waals surface area contributed by atoms with E-state index >= 15 is 0 Å². The van der Waals surface area contributed by atoms with Crippen molar-refractivity contribution >= 4 is 22.8 Å². The molecule has 228 valence electrons. The minimum absolute atomic E-state index is 0. The summed E-state index contributed by atoms with van der Waals surface area (Å²) in [5.74, 6) is 6.86. The fourth-order valence-corrected chi connectivity index (χ4v) is 4.93. The Morgan fingerprint density at radius 2 is 0.927 bits per heavy atom. The predicted octanol–water partition coefficient (Wildman–Crippen LogP) is 12.4. The average Bonchev–Trinajstić information content (AvgIpc) is 2.99. The molecule has 0 aliphatic carbocycles. The molecule has 3 heteroatoms. The smallest absolute Gasteiger partial charge is 0.135 e. The minimum atomic E-state index is 0. The van der Waals surface area contributed by atoms with Crippen LogP contribution in [-0.4, -0.2) is 11.4 Å². The third-order valence-electron chi connectivity index (χ3n) is 7.42. The second-order valence-electron chi connectivity index (χ2n) is 11.1. The molecular weight excluding hydrogens is 543 g/mol. The molecule has 0 bridgehead atoms. The van der Waals surface area contributed by atoms with Gasteiger partial charge in [0.05, 0.1) is 17.1 Å². The van der Waals surface area contributed by atoms with Crippen LogP contribution in [-0.2, 0) is 16.5 Å². The molecule has 0 atom stereocenters. The zero-order chi connectivity index (χ0) is 28.4. The van der Waals surface area contributed by atoms with Crippen molar-refractivity contribution in [1.29, 1.82) is 0 Å². The van der Waals surface area contributed by atoms with Crippen molar-refractivity contribution in [3.05, 3.63) is 60.7 Å². The van der Waals surface area contributed by atoms with Crippen molar-refractivity contribution in [3.63, 3.8) is 0 Å². The molecule has 2 rings (SSSR count). The maximum atomic E-state index is 4.97. The Morgan fingerprint density at radius 3 is 1.39 bits per heavy atom. The largest absolute Gasteiger partial charge is 0.251 e. The van der Waals surface area contributed by atoms with Gasteiger partial charge >= 0.3 is 0 Å². The van der Waals surface area contributed by atoms with Crippen LogP contribution in [0.15, 0.2) is 70.6 Å². The number of para-hydroxylation sites is 2. The molecule has 0 spiro atoms. The first-order valence-corrected chi connectivity index (χ1v) is 16.6. The first-order chi connectivity index (χ1) is 19.8. The van der Waals surface area contributed by atoms with Crippen LogP contribution in [0, 0.1) is 11.8 Å². The normalized spacial score (nSPS) is 11.6. The summed E-state index contributed by atoms with van der Waals surface area (Å²) in [6.07, 6.45) is 26.3. The molecule has 0 radical (unpaired) electrons. The van der Waals surface area contributed by atoms with E-state index in [-0.39, 0.29) is 16.5 Å². The van der Waals surface area contributed by atoms with Gasteiger partial charge in [-0.3, -0.25) is 4.99 Å². The summed E-state index contributed by atoms with van der Waals surface area (Å²) in [5, 5.41) is 0. The zero-order valence-corrected chi connectivity index (χ0v) is 27.1. The molecule has 0 N–H and O–H groups in total. The number of rotatable bonds is 22. The van der Waals surface area contributed by atoms with Gasteiger partial charge in [-0.1, -0.05) is 159 Å². The Morgan fingerprint density at radius 1 is 0.512 bits per heavy atom. The van der Waals surface area contributed by atoms with Crippen molar-refractivity contribution in [2.75, 3.05) is 0 Å². The minimum Gasteiger partial charge on any atom is -0.251 e. The van der Waals surface area contributed by atoms with E-state index in [1.54, 1.807) is 0 Å². The Bertz CT molecular complexity index is 985. The molecule has 2 aromatic rings. The summed E-state index contributed by atoms with van der Waals surface area (Å²) in [5.41, 5.74) is 3.72. The van der Waals surface area contributed by atoms with Crippen LogP contribution in [0.1, 0.15) is 142 Å². The molecule has 0 aliphatic heterocycles. The van der Waals surface area contributed by atoms with Gasteiger partial charge in [-0.05, 0) is 49.4 Å². The molecular formula is C38H56N2Ni. The van der Waals surface area contributed by atoms with Crippen molar-refractivity contribution in [3.8, 4) is 11.8 Å². The fraction of sp³-hybridized carbons (Fsp3) is 0.579. The zero-order valence-electron chi connectivity index (χ0n) is 26.1. The molecule has 0 amide bonds. The van der Waals surface area contributed by atoms with Crippen LogP contribution < -0.4 is 0 Å². The Hall–Kier alpha value is -2.17. The van der Waals surface area contributed by atoms with E-state index in [0.717, 1.165) is 48.5 Å². The van der Waals surface area contributed by atoms with Crippen molar-refractivity contribution in [1.82, 2.24) is 0 Å². The van der Waals surface area contributed by atoms with Crippen LogP contribution in [0.5, 0.6) is 0 Å². The summed E-state index contributed by atoms with van der Waals surface area (Å²) in [6.45, 7) is 4.51. The topological polar surface area (TPSA) is 24.7 Å². The summed E-state index contributed by atoms with van der Waals surface area (Å²) in [7, 11) is 0. The number of nitrogens with zero attached hydrogens (tertiary/aromatic N) is 2. The van der Waals surface area contributed by atoms with Gasteiger partial charge in [-0.25, -0.2) is 4.99 Å². The first kappa shape index (κ1) is 36.9. The third-order valence-corrected chi connectivity index (χ3v) is 7.42. The number of hydrogen-bond donors (Lipinski definition) is 0. The SMILES string of the molecule is CCCCCCCCCCCCCCCCCCC#CC(=N\c1ccccc1)/C(CCCC)=N/c1ccccc1.[Ni]. The van der Waals surface area contributed by atoms with Crippen LogP contribution >= 0.6 is 0 Å². The van der Waals surface area contributed by atoms with Crippen LogP contribution in [0.3, 0.4) is 0 Å². The molecule has 0 saturated carbocycles. The summed E-state index contributed by atoms with van der Waals surface area (Å²) >= 11 is 0. The maximum Gasteiger partial charge on any atom is 0.135 e. The molecule has 0 unspecified atom stereocenters. The van der Waals surface area contributed by atoms with Crippen LogP contribution in [0.25, 0.3) is 0 Å². The third kappa shape index (κ3) is 19.6. The molecule has 0 aromatic heterocycles. The second kappa shape index (κ2) is 26.7. The molecule has 0 heterocycles. The van der Waals surface area contributed by atoms with E-state index in [1.807, 2.05) is 48.5 Å². The Kier molecular flexibility index (Phi) is 24.0. The number of hydrogen-bond acceptors (Lipinski definition) is 2. The van der Waals surface area contributed by atoms with E-state index < -0.39 is 0 Å². The summed E-state index contributed by atoms with van der Waals surface area (Å²) in [4.78, 5) is 9.91. The van der Waals surface area contributed by atoms with Gasteiger partial charge in [0.15, 0.2) is 0 Å². The molecule has 0 saturated heterocycles. The Balaban J connectivity index is 0.00000840. The number of unbranched alkanes of at least 4 members (excludes halogenated alkanes) is 17. The van der Waals surface area contributed by atoms with Crippen molar-refractivity contribution in [2.45, 2.75) is 142 Å². The van der Waals surface area contributed by atoms with Gasteiger partial charge in [0.2, 0.25) is 0 Å². The van der Waals surface area contributed by atoms with Gasteiger partial charge in [-0.15, -0.1) is 0 Å². The van der Waals surface area contributed by atoms with E-state index in [0.29, 0.717) is 0 Å². The second-order valence-corrected chi connectivity index (χ2v) is 11.1. The van der Waals surface area contributed by atoms with Crippen LogP contribution in [0.2, 0.25) is 0 Å². The van der Waals surface area contributed by atoms with Gasteiger partial charge in [0.25, 0.3) is 0 Å². The molecule has 2 aromatic carbocycles. The van der Waals surface area contributed by atoms with Gasteiger partial charge < -0.3 is 0 Å². The predicted molar refractivity (Wildman–Crippen MR) is 179 cm³/mol. The molecule has 2 nitrogen and oxygen atoms in total. The monoisotopic (exact) mass is 598 g/mol. The van der Waals surface area contributed by atoms with Crippen molar-refractivity contribution < 1.29 is 16.5 Å². The summed E-state index contributed by atoms with van der Waals surface area (Å²) in [6, 6.07) is 20.4. The number of aliphatic imine (C=N–C) groups is 2. The van der Waals surface area contributed by atoms with Crippen molar-refractivity contribution in [2.24, 2.45) is 9.98 Å². The molecule has 0 aliphatic rings. The van der Waals surface area contributed by atoms with Crippen LogP contribution in [0.4, 0.5) is 11.4 Å². The molecule has 41 heavy (non-hydrogen) atoms. The van der Waals surface area contributed by atoms with Gasteiger partial charge in [0.1, 0.15) is 5.71 Å². The Labute approximate surface area is 263 Å². The van der Waals surface area contributed by atoms with Gasteiger partial charge in [-0.2, -0.15) is 0 Å². The van der Waals surface area contributed by atoms with E-state index in [9.17, 15) is 0 Å². The first-order valence-electron chi connectivity index (χ1n) is 16.6. The van der Waals surface area contributed by atoms with Gasteiger partial charge in [0, 0.05) is 22.9 Å². The standard InChI is InChI=1S/C38H56N2.Ni/c1-3-5-7-8-9-10-11-12-13-14-15-16-17-18-19-20-21-28-34-38(40-36-31-26-23-27-32-36)37(33-6-4-2)39-35-29-24-22-25-30-35;/h22-27,29-32H,3-21,33H2,1-2H3;/b39-37+,40-38+;. The molecule has 0 fully saturated rings. The number of benzene rings is 2. The maximum absolute atomic E-state index is 4.97. The quantitative estimate of drug-likeness (QED) is 0.0557. The summed E-state index contributed by atoms with van der Waals surface area (Å²) < 4.78 is 0. The average molecular weight is 600 g/mol. The van der Waals surface area contributed by atoms with E-state index in [1.165, 1.54) is 103 Å².